The van der Waals surface area contributed by atoms with Crippen molar-refractivity contribution < 1.29 is 4.74 Å². The normalized spacial score (nSPS) is 10.3. The number of hydrogen-bond acceptors (Lipinski definition) is 3. The highest BCUT2D eigenvalue weighted by atomic mass is 16.5. The molecule has 0 aliphatic heterocycles. The molecule has 17 heavy (non-hydrogen) atoms. The average molecular weight is 230 g/mol. The second kappa shape index (κ2) is 4.41. The number of aromatic nitrogens is 2. The van der Waals surface area contributed by atoms with E-state index in [1.807, 2.05) is 31.2 Å². The number of aryl methyl sites for hydroxylation is 1. The number of methoxy groups -OCH3 is 1. The highest BCUT2D eigenvalue weighted by molar-refractivity contribution is 5.63. The van der Waals surface area contributed by atoms with Crippen LogP contribution in [0.4, 0.5) is 0 Å². The summed E-state index contributed by atoms with van der Waals surface area (Å²) in [6.45, 7) is 3.58. The van der Waals surface area contributed by atoms with Gasteiger partial charge in [-0.1, -0.05) is 12.1 Å². The van der Waals surface area contributed by atoms with Crippen molar-refractivity contribution in [3.05, 3.63) is 45.9 Å². The van der Waals surface area contributed by atoms with Gasteiger partial charge in [0.2, 0.25) is 0 Å². The maximum Gasteiger partial charge on any atom is 0.254 e. The number of H-pyrrole nitrogens is 1. The maximum atomic E-state index is 11.7. The van der Waals surface area contributed by atoms with Gasteiger partial charge in [0, 0.05) is 11.3 Å². The summed E-state index contributed by atoms with van der Waals surface area (Å²) in [5.74, 6) is 1.23. The van der Waals surface area contributed by atoms with Gasteiger partial charge in [-0.2, -0.15) is 0 Å². The van der Waals surface area contributed by atoms with E-state index in [0.29, 0.717) is 17.1 Å². The fourth-order valence-electron chi connectivity index (χ4n) is 1.61. The fourth-order valence-corrected chi connectivity index (χ4v) is 1.61. The molecule has 0 fully saturated rings. The molecule has 0 saturated carbocycles. The Kier molecular flexibility index (Phi) is 2.95. The van der Waals surface area contributed by atoms with E-state index >= 15 is 0 Å². The number of aromatic amines is 1. The van der Waals surface area contributed by atoms with Crippen molar-refractivity contribution in [3.8, 4) is 17.1 Å². The molecule has 0 amide bonds. The third-order valence-electron chi connectivity index (χ3n) is 2.76. The number of nitrogens with zero attached hydrogens (tertiary/aromatic N) is 1. The van der Waals surface area contributed by atoms with Crippen LogP contribution in [0.2, 0.25) is 0 Å². The van der Waals surface area contributed by atoms with Crippen molar-refractivity contribution in [1.29, 1.82) is 0 Å². The third-order valence-corrected chi connectivity index (χ3v) is 2.76. The quantitative estimate of drug-likeness (QED) is 0.859. The van der Waals surface area contributed by atoms with Crippen molar-refractivity contribution in [1.82, 2.24) is 9.97 Å². The van der Waals surface area contributed by atoms with E-state index in [1.165, 1.54) is 0 Å². The van der Waals surface area contributed by atoms with Crippen LogP contribution in [0.25, 0.3) is 11.4 Å². The predicted molar refractivity (Wildman–Crippen MR) is 66.3 cm³/mol. The van der Waals surface area contributed by atoms with E-state index in [2.05, 4.69) is 9.97 Å². The van der Waals surface area contributed by atoms with Gasteiger partial charge in [-0.3, -0.25) is 4.79 Å². The van der Waals surface area contributed by atoms with Crippen LogP contribution in [0, 0.1) is 13.8 Å². The van der Waals surface area contributed by atoms with Gasteiger partial charge < -0.3 is 9.72 Å². The summed E-state index contributed by atoms with van der Waals surface area (Å²) in [4.78, 5) is 18.8. The molecule has 0 spiro atoms. The van der Waals surface area contributed by atoms with Gasteiger partial charge in [-0.25, -0.2) is 4.98 Å². The van der Waals surface area contributed by atoms with Crippen molar-refractivity contribution in [3.63, 3.8) is 0 Å². The molecule has 2 aromatic rings. The molecule has 1 aromatic carbocycles. The lowest BCUT2D eigenvalue weighted by Gasteiger charge is -2.08. The van der Waals surface area contributed by atoms with E-state index in [1.54, 1.807) is 14.0 Å². The second-order valence-corrected chi connectivity index (χ2v) is 3.83. The van der Waals surface area contributed by atoms with Gasteiger partial charge in [0.05, 0.1) is 12.7 Å². The minimum Gasteiger partial charge on any atom is -0.496 e. The molecule has 0 aliphatic rings. The topological polar surface area (TPSA) is 55.0 Å². The number of hydrogen-bond donors (Lipinski definition) is 1. The van der Waals surface area contributed by atoms with Gasteiger partial charge in [0.25, 0.3) is 5.56 Å². The highest BCUT2D eigenvalue weighted by Crippen LogP contribution is 2.26. The first kappa shape index (κ1) is 11.4. The van der Waals surface area contributed by atoms with Crippen LogP contribution in [0.15, 0.2) is 29.1 Å². The summed E-state index contributed by atoms with van der Waals surface area (Å²) in [5, 5.41) is 0. The molecule has 0 radical (unpaired) electrons. The molecule has 0 saturated heterocycles. The molecule has 0 unspecified atom stereocenters. The monoisotopic (exact) mass is 230 g/mol. The van der Waals surface area contributed by atoms with Crippen LogP contribution in [0.1, 0.15) is 11.3 Å². The Labute approximate surface area is 99.3 Å². The van der Waals surface area contributed by atoms with Gasteiger partial charge >= 0.3 is 0 Å². The number of ether oxygens (including phenoxy) is 1. The molecule has 1 N–H and O–H groups in total. The Morgan fingerprint density at radius 3 is 2.59 bits per heavy atom. The van der Waals surface area contributed by atoms with Gasteiger partial charge in [-0.05, 0) is 26.0 Å². The standard InChI is InChI=1S/C13H14N2O2/c1-8-9(2)14-12(15-13(8)16)10-6-4-5-7-11(10)17-3/h4-7H,1-3H3,(H,14,15,16). The first-order chi connectivity index (χ1) is 8.13. The molecule has 1 heterocycles. The third kappa shape index (κ3) is 2.06. The van der Waals surface area contributed by atoms with Crippen LogP contribution in [-0.4, -0.2) is 17.1 Å². The van der Waals surface area contributed by atoms with Crippen molar-refractivity contribution in [2.45, 2.75) is 13.8 Å². The Morgan fingerprint density at radius 1 is 1.24 bits per heavy atom. The smallest absolute Gasteiger partial charge is 0.254 e. The summed E-state index contributed by atoms with van der Waals surface area (Å²) in [6, 6.07) is 7.46. The fraction of sp³-hybridized carbons (Fsp3) is 0.231. The molecular weight excluding hydrogens is 216 g/mol. The van der Waals surface area contributed by atoms with E-state index in [0.717, 1.165) is 11.3 Å². The lowest BCUT2D eigenvalue weighted by atomic mass is 10.1. The molecule has 0 bridgehead atoms. The summed E-state index contributed by atoms with van der Waals surface area (Å²) < 4.78 is 5.25. The van der Waals surface area contributed by atoms with E-state index < -0.39 is 0 Å². The van der Waals surface area contributed by atoms with E-state index in [9.17, 15) is 4.79 Å². The zero-order valence-corrected chi connectivity index (χ0v) is 10.1. The Balaban J connectivity index is 2.65. The highest BCUT2D eigenvalue weighted by Gasteiger charge is 2.09. The molecule has 88 valence electrons. The Hall–Kier alpha value is -2.10. The maximum absolute atomic E-state index is 11.7. The first-order valence-electron chi connectivity index (χ1n) is 5.34. The lowest BCUT2D eigenvalue weighted by molar-refractivity contribution is 0.416. The van der Waals surface area contributed by atoms with Crippen molar-refractivity contribution in [2.75, 3.05) is 7.11 Å². The summed E-state index contributed by atoms with van der Waals surface area (Å²) in [5.41, 5.74) is 2.05. The molecule has 0 aliphatic carbocycles. The van der Waals surface area contributed by atoms with Crippen molar-refractivity contribution in [2.24, 2.45) is 0 Å². The van der Waals surface area contributed by atoms with Crippen LogP contribution in [-0.2, 0) is 0 Å². The Bertz CT molecular complexity index is 603. The van der Waals surface area contributed by atoms with Gasteiger partial charge in [0.15, 0.2) is 0 Å². The molecule has 4 heteroatoms. The number of benzene rings is 1. The molecule has 0 atom stereocenters. The summed E-state index contributed by atoms with van der Waals surface area (Å²) >= 11 is 0. The van der Waals surface area contributed by atoms with Gasteiger partial charge in [0.1, 0.15) is 11.6 Å². The van der Waals surface area contributed by atoms with Crippen LogP contribution in [0.5, 0.6) is 5.75 Å². The largest absolute Gasteiger partial charge is 0.496 e. The minimum atomic E-state index is -0.113. The average Bonchev–Trinajstić information content (AvgIpc) is 2.35. The lowest BCUT2D eigenvalue weighted by Crippen LogP contribution is -2.14. The molecule has 2 rings (SSSR count). The summed E-state index contributed by atoms with van der Waals surface area (Å²) in [6.07, 6.45) is 0. The van der Waals surface area contributed by atoms with Crippen LogP contribution in [0.3, 0.4) is 0 Å². The molecular formula is C13H14N2O2. The zero-order chi connectivity index (χ0) is 12.4. The predicted octanol–water partition coefficient (Wildman–Crippen LogP) is 2.06. The SMILES string of the molecule is COc1ccccc1-c1nc(C)c(C)c(=O)[nH]1. The zero-order valence-electron chi connectivity index (χ0n) is 10.1. The molecule has 1 aromatic heterocycles. The summed E-state index contributed by atoms with van der Waals surface area (Å²) in [7, 11) is 1.60. The second-order valence-electron chi connectivity index (χ2n) is 3.83. The van der Waals surface area contributed by atoms with E-state index in [-0.39, 0.29) is 5.56 Å². The van der Waals surface area contributed by atoms with Crippen LogP contribution < -0.4 is 10.3 Å². The van der Waals surface area contributed by atoms with E-state index in [4.69, 9.17) is 4.74 Å². The number of para-hydroxylation sites is 1. The molecule has 4 nitrogen and oxygen atoms in total. The van der Waals surface area contributed by atoms with Crippen LogP contribution >= 0.6 is 0 Å². The number of rotatable bonds is 2. The minimum absolute atomic E-state index is 0.113. The van der Waals surface area contributed by atoms with Crippen molar-refractivity contribution >= 4 is 0 Å². The van der Waals surface area contributed by atoms with Gasteiger partial charge in [-0.15, -0.1) is 0 Å². The number of nitrogens with one attached hydrogen (secondary N) is 1. The Morgan fingerprint density at radius 2 is 1.94 bits per heavy atom. The first-order valence-corrected chi connectivity index (χ1v) is 5.34.